The van der Waals surface area contributed by atoms with Gasteiger partial charge in [0.2, 0.25) is 0 Å². The molecule has 0 aliphatic heterocycles. The molecule has 3 rings (SSSR count). The zero-order chi connectivity index (χ0) is 25.6. The van der Waals surface area contributed by atoms with E-state index in [1.807, 2.05) is 31.2 Å². The summed E-state index contributed by atoms with van der Waals surface area (Å²) >= 11 is 3.38. The van der Waals surface area contributed by atoms with Gasteiger partial charge in [-0.15, -0.1) is 0 Å². The lowest BCUT2D eigenvalue weighted by molar-refractivity contribution is -0.119. The van der Waals surface area contributed by atoms with Crippen molar-refractivity contribution in [3.63, 3.8) is 0 Å². The van der Waals surface area contributed by atoms with Gasteiger partial charge >= 0.3 is 0 Å². The first-order valence-corrected chi connectivity index (χ1v) is 12.8. The van der Waals surface area contributed by atoms with E-state index in [0.717, 1.165) is 19.9 Å². The molecular weight excluding hydrogens is 534 g/mol. The molecule has 0 spiro atoms. The van der Waals surface area contributed by atoms with Gasteiger partial charge in [0.1, 0.15) is 6.54 Å². The van der Waals surface area contributed by atoms with E-state index in [1.165, 1.54) is 32.4 Å². The maximum absolute atomic E-state index is 13.6. The molecule has 0 aromatic heterocycles. The van der Waals surface area contributed by atoms with Crippen molar-refractivity contribution >= 4 is 43.3 Å². The van der Waals surface area contributed by atoms with Gasteiger partial charge in [-0.1, -0.05) is 45.8 Å². The third-order valence-electron chi connectivity index (χ3n) is 5.16. The van der Waals surface area contributed by atoms with E-state index < -0.39 is 22.5 Å². The molecule has 0 heterocycles. The Morgan fingerprint density at radius 3 is 2.20 bits per heavy atom. The molecule has 184 valence electrons. The van der Waals surface area contributed by atoms with Gasteiger partial charge in [0.25, 0.3) is 15.9 Å². The van der Waals surface area contributed by atoms with Crippen molar-refractivity contribution in [3.05, 3.63) is 82.3 Å². The average molecular weight is 560 g/mol. The van der Waals surface area contributed by atoms with Crippen LogP contribution in [0.15, 0.2) is 81.2 Å². The highest BCUT2D eigenvalue weighted by Gasteiger charge is 2.28. The number of ether oxygens (including phenoxy) is 2. The average Bonchev–Trinajstić information content (AvgIpc) is 2.86. The predicted molar refractivity (Wildman–Crippen MR) is 140 cm³/mol. The lowest BCUT2D eigenvalue weighted by Crippen LogP contribution is -2.39. The highest BCUT2D eigenvalue weighted by molar-refractivity contribution is 9.10. The van der Waals surface area contributed by atoms with Crippen LogP contribution in [0.25, 0.3) is 0 Å². The number of hydrazone groups is 1. The molecule has 8 nitrogen and oxygen atoms in total. The fourth-order valence-electron chi connectivity index (χ4n) is 3.20. The highest BCUT2D eigenvalue weighted by atomic mass is 79.9. The predicted octanol–water partition coefficient (Wildman–Crippen LogP) is 4.51. The summed E-state index contributed by atoms with van der Waals surface area (Å²) in [5.41, 5.74) is 5.00. The molecule has 0 atom stereocenters. The molecule has 0 aliphatic carbocycles. The van der Waals surface area contributed by atoms with E-state index in [2.05, 4.69) is 26.5 Å². The molecule has 0 unspecified atom stereocenters. The van der Waals surface area contributed by atoms with Crippen molar-refractivity contribution in [2.75, 3.05) is 25.1 Å². The minimum Gasteiger partial charge on any atom is -0.493 e. The summed E-state index contributed by atoms with van der Waals surface area (Å²) in [6.07, 6.45) is 0. The van der Waals surface area contributed by atoms with Crippen molar-refractivity contribution in [2.24, 2.45) is 5.10 Å². The number of carbonyl (C=O) groups is 1. The van der Waals surface area contributed by atoms with Crippen LogP contribution in [0.2, 0.25) is 0 Å². The van der Waals surface area contributed by atoms with Crippen molar-refractivity contribution in [2.45, 2.75) is 18.7 Å². The number of hydrogen-bond donors (Lipinski definition) is 1. The number of amides is 1. The van der Waals surface area contributed by atoms with Crippen molar-refractivity contribution in [1.29, 1.82) is 0 Å². The largest absolute Gasteiger partial charge is 0.493 e. The van der Waals surface area contributed by atoms with Crippen LogP contribution in [0.4, 0.5) is 5.69 Å². The number of methoxy groups -OCH3 is 2. The quantitative estimate of drug-likeness (QED) is 0.307. The summed E-state index contributed by atoms with van der Waals surface area (Å²) in [6, 6.07) is 18.5. The second kappa shape index (κ2) is 11.4. The molecule has 3 aromatic carbocycles. The molecule has 0 saturated carbocycles. The van der Waals surface area contributed by atoms with Crippen LogP contribution >= 0.6 is 15.9 Å². The maximum atomic E-state index is 13.6. The van der Waals surface area contributed by atoms with Gasteiger partial charge in [0, 0.05) is 10.5 Å². The number of halogens is 1. The summed E-state index contributed by atoms with van der Waals surface area (Å²) in [6.45, 7) is 3.11. The first-order valence-electron chi connectivity index (χ1n) is 10.6. The minimum atomic E-state index is -4.08. The molecular formula is C25H26BrN3O5S. The van der Waals surface area contributed by atoms with Crippen molar-refractivity contribution in [1.82, 2.24) is 5.43 Å². The third kappa shape index (κ3) is 6.40. The number of nitrogens with zero attached hydrogens (tertiary/aromatic N) is 2. The van der Waals surface area contributed by atoms with Gasteiger partial charge in [-0.05, 0) is 55.8 Å². The number of hydrogen-bond acceptors (Lipinski definition) is 6. The van der Waals surface area contributed by atoms with Crippen LogP contribution in [0.5, 0.6) is 11.5 Å². The molecule has 1 N–H and O–H groups in total. The van der Waals surface area contributed by atoms with Crippen LogP contribution in [0, 0.1) is 6.92 Å². The third-order valence-corrected chi connectivity index (χ3v) is 7.48. The molecule has 0 aliphatic rings. The molecule has 1 amide bonds. The van der Waals surface area contributed by atoms with Crippen molar-refractivity contribution in [3.8, 4) is 11.5 Å². The number of nitrogens with one attached hydrogen (secondary N) is 1. The number of rotatable bonds is 9. The lowest BCUT2D eigenvalue weighted by atomic mass is 10.1. The van der Waals surface area contributed by atoms with E-state index in [4.69, 9.17) is 9.47 Å². The highest BCUT2D eigenvalue weighted by Crippen LogP contribution is 2.33. The Labute approximate surface area is 213 Å². The summed E-state index contributed by atoms with van der Waals surface area (Å²) in [4.78, 5) is 12.9. The number of sulfonamides is 1. The first-order chi connectivity index (χ1) is 16.6. The number of anilines is 1. The van der Waals surface area contributed by atoms with Gasteiger partial charge in [-0.25, -0.2) is 13.8 Å². The van der Waals surface area contributed by atoms with Gasteiger partial charge in [0.05, 0.1) is 30.5 Å². The summed E-state index contributed by atoms with van der Waals surface area (Å²) in [7, 11) is -1.15. The lowest BCUT2D eigenvalue weighted by Gasteiger charge is -2.24. The molecule has 3 aromatic rings. The van der Waals surface area contributed by atoms with Crippen LogP contribution in [0.1, 0.15) is 18.1 Å². The Morgan fingerprint density at radius 1 is 0.971 bits per heavy atom. The second-order valence-corrected chi connectivity index (χ2v) is 10.4. The monoisotopic (exact) mass is 559 g/mol. The molecule has 0 fully saturated rings. The first kappa shape index (κ1) is 26.2. The maximum Gasteiger partial charge on any atom is 0.264 e. The zero-order valence-corrected chi connectivity index (χ0v) is 22.2. The smallest absolute Gasteiger partial charge is 0.264 e. The Hall–Kier alpha value is -3.37. The number of benzene rings is 3. The van der Waals surface area contributed by atoms with Crippen LogP contribution in [-0.2, 0) is 14.8 Å². The summed E-state index contributed by atoms with van der Waals surface area (Å²) < 4.78 is 39.6. The van der Waals surface area contributed by atoms with Gasteiger partial charge in [0.15, 0.2) is 11.5 Å². The van der Waals surface area contributed by atoms with E-state index >= 15 is 0 Å². The summed E-state index contributed by atoms with van der Waals surface area (Å²) in [5.74, 6) is 0.161. The number of aryl methyl sites for hydroxylation is 1. The molecule has 0 saturated heterocycles. The fraction of sp³-hybridized carbons (Fsp3) is 0.200. The van der Waals surface area contributed by atoms with Crippen LogP contribution in [-0.4, -0.2) is 40.8 Å². The van der Waals surface area contributed by atoms with Crippen LogP contribution < -0.4 is 19.2 Å². The zero-order valence-electron chi connectivity index (χ0n) is 19.8. The molecule has 10 heteroatoms. The van der Waals surface area contributed by atoms with Gasteiger partial charge in [-0.2, -0.15) is 5.10 Å². The normalized spacial score (nSPS) is 11.6. The molecule has 0 radical (unpaired) electrons. The Balaban J connectivity index is 1.93. The second-order valence-electron chi connectivity index (χ2n) is 7.60. The summed E-state index contributed by atoms with van der Waals surface area (Å²) in [5, 5.41) is 4.13. The molecule has 35 heavy (non-hydrogen) atoms. The van der Waals surface area contributed by atoms with Crippen molar-refractivity contribution < 1.29 is 22.7 Å². The topological polar surface area (TPSA) is 97.3 Å². The fourth-order valence-corrected chi connectivity index (χ4v) is 4.88. The Kier molecular flexibility index (Phi) is 8.52. The SMILES string of the molecule is COc1ccc(N(CC(=O)N/N=C(/C)c2ccc(Br)cc2)S(=O)(=O)c2ccc(C)cc2)cc1OC. The van der Waals surface area contributed by atoms with Gasteiger partial charge in [-0.3, -0.25) is 9.10 Å². The van der Waals surface area contributed by atoms with Crippen LogP contribution in [0.3, 0.4) is 0 Å². The van der Waals surface area contributed by atoms with E-state index in [1.54, 1.807) is 31.2 Å². The Bertz CT molecular complexity index is 1320. The van der Waals surface area contributed by atoms with E-state index in [9.17, 15) is 13.2 Å². The van der Waals surface area contributed by atoms with Gasteiger partial charge < -0.3 is 9.47 Å². The van der Waals surface area contributed by atoms with E-state index in [0.29, 0.717) is 17.2 Å². The molecule has 0 bridgehead atoms. The number of carbonyl (C=O) groups excluding carboxylic acids is 1. The van der Waals surface area contributed by atoms with E-state index in [-0.39, 0.29) is 10.6 Å². The standard InChI is InChI=1S/C25H26BrN3O5S/c1-17-5-12-22(13-6-17)35(31,32)29(21-11-14-23(33-3)24(15-21)34-4)16-25(30)28-27-18(2)19-7-9-20(26)10-8-19/h5-15H,16H2,1-4H3,(H,28,30)/b27-18-. The minimum absolute atomic E-state index is 0.0558. The Morgan fingerprint density at radius 2 is 1.60 bits per heavy atom.